The largest absolute Gasteiger partial charge is 0.390 e. The highest BCUT2D eigenvalue weighted by molar-refractivity contribution is 7.92. The molecule has 0 aliphatic carbocycles. The number of carbonyl (C=O) groups is 2. The van der Waals surface area contributed by atoms with Crippen molar-refractivity contribution in [3.8, 4) is 0 Å². The van der Waals surface area contributed by atoms with E-state index in [1.54, 1.807) is 48.2 Å². The highest BCUT2D eigenvalue weighted by Crippen LogP contribution is 2.30. The van der Waals surface area contributed by atoms with E-state index in [9.17, 15) is 31.9 Å². The summed E-state index contributed by atoms with van der Waals surface area (Å²) in [7, 11) is -3.63. The first-order chi connectivity index (χ1) is 21.4. The zero-order valence-electron chi connectivity index (χ0n) is 25.6. The molecule has 9 nitrogen and oxygen atoms in total. The Morgan fingerprint density at radius 1 is 1.00 bits per heavy atom. The van der Waals surface area contributed by atoms with Gasteiger partial charge in [-0.1, -0.05) is 32.0 Å². The zero-order chi connectivity index (χ0) is 32.7. The van der Waals surface area contributed by atoms with Crippen molar-refractivity contribution in [1.82, 2.24) is 15.5 Å². The van der Waals surface area contributed by atoms with Crippen LogP contribution in [0.3, 0.4) is 0 Å². The number of hydrogen-bond donors (Lipinski definition) is 4. The Balaban J connectivity index is 1.58. The Labute approximate surface area is 263 Å². The fourth-order valence-electron chi connectivity index (χ4n) is 5.58. The second-order valence-corrected chi connectivity index (χ2v) is 13.2. The monoisotopic (exact) mass is 642 g/mol. The fraction of sp³-hybridized carbons (Fsp3) is 0.394. The summed E-state index contributed by atoms with van der Waals surface area (Å²) in [5, 5.41) is 17.2. The minimum absolute atomic E-state index is 0.122. The van der Waals surface area contributed by atoms with Gasteiger partial charge in [-0.05, 0) is 79.3 Å². The van der Waals surface area contributed by atoms with Crippen LogP contribution in [-0.4, -0.2) is 67.8 Å². The number of sulfonamides is 1. The number of benzene rings is 3. The third-order valence-corrected chi connectivity index (χ3v) is 8.88. The molecule has 0 aromatic heterocycles. The van der Waals surface area contributed by atoms with Crippen LogP contribution in [0.5, 0.6) is 0 Å². The summed E-state index contributed by atoms with van der Waals surface area (Å²) >= 11 is 0. The molecular formula is C33H40F2N4O5S. The molecule has 1 aliphatic rings. The maximum atomic E-state index is 14.0. The van der Waals surface area contributed by atoms with Crippen LogP contribution in [0.15, 0.2) is 60.7 Å². The van der Waals surface area contributed by atoms with E-state index in [-0.39, 0.29) is 35.8 Å². The predicted octanol–water partition coefficient (Wildman–Crippen LogP) is 4.32. The lowest BCUT2D eigenvalue weighted by atomic mass is 9.98. The molecule has 0 bridgehead atoms. The Bertz CT molecular complexity index is 1610. The molecule has 4 rings (SSSR count). The van der Waals surface area contributed by atoms with Crippen molar-refractivity contribution in [2.75, 3.05) is 30.1 Å². The van der Waals surface area contributed by atoms with Crippen molar-refractivity contribution in [2.24, 2.45) is 0 Å². The average molecular weight is 643 g/mol. The summed E-state index contributed by atoms with van der Waals surface area (Å²) in [6.45, 7) is 6.76. The molecule has 0 radical (unpaired) electrons. The Hall–Kier alpha value is -3.87. The maximum absolute atomic E-state index is 14.0. The minimum Gasteiger partial charge on any atom is -0.390 e. The maximum Gasteiger partial charge on any atom is 0.253 e. The lowest BCUT2D eigenvalue weighted by Gasteiger charge is -2.30. The molecule has 3 aromatic carbocycles. The average Bonchev–Trinajstić information content (AvgIpc) is 2.97. The van der Waals surface area contributed by atoms with E-state index in [4.69, 9.17) is 0 Å². The first kappa shape index (κ1) is 34.0. The van der Waals surface area contributed by atoms with E-state index >= 15 is 0 Å². The second kappa shape index (κ2) is 14.9. The van der Waals surface area contributed by atoms with Gasteiger partial charge < -0.3 is 20.6 Å². The first-order valence-corrected chi connectivity index (χ1v) is 16.7. The van der Waals surface area contributed by atoms with Gasteiger partial charge in [0.2, 0.25) is 10.0 Å². The molecule has 0 saturated carbocycles. The van der Waals surface area contributed by atoms with Crippen molar-refractivity contribution in [3.63, 3.8) is 0 Å². The number of amides is 2. The molecule has 2 amide bonds. The molecule has 12 heteroatoms. The molecule has 1 heterocycles. The van der Waals surface area contributed by atoms with Crippen LogP contribution in [0.2, 0.25) is 0 Å². The Kier molecular flexibility index (Phi) is 11.3. The van der Waals surface area contributed by atoms with Gasteiger partial charge in [0.25, 0.3) is 11.8 Å². The van der Waals surface area contributed by atoms with Gasteiger partial charge in [0.05, 0.1) is 29.6 Å². The SMILES string of the molecule is CCCN(CCC)C(=O)c1cc(C)cc(C(=O)N[C@@H](Cc2cc(F)cc(F)c2)[C@@H](O)CN[C@H]2CS(=O)(=O)Nc3ccccc32)c1. The topological polar surface area (TPSA) is 128 Å². The zero-order valence-corrected chi connectivity index (χ0v) is 26.5. The second-order valence-electron chi connectivity index (χ2n) is 11.4. The predicted molar refractivity (Wildman–Crippen MR) is 170 cm³/mol. The summed E-state index contributed by atoms with van der Waals surface area (Å²) in [6, 6.07) is 13.0. The molecule has 242 valence electrons. The molecule has 0 unspecified atom stereocenters. The molecule has 45 heavy (non-hydrogen) atoms. The molecule has 3 atom stereocenters. The number of para-hydroxylation sites is 1. The molecule has 4 N–H and O–H groups in total. The molecule has 3 aromatic rings. The number of nitrogens with one attached hydrogen (secondary N) is 3. The highest BCUT2D eigenvalue weighted by Gasteiger charge is 2.31. The number of rotatable bonds is 13. The normalized spacial score (nSPS) is 16.6. The number of aliphatic hydroxyl groups excluding tert-OH is 1. The van der Waals surface area contributed by atoms with Gasteiger partial charge in [-0.15, -0.1) is 0 Å². The van der Waals surface area contributed by atoms with Gasteiger partial charge >= 0.3 is 0 Å². The number of nitrogens with zero attached hydrogens (tertiary/aromatic N) is 1. The van der Waals surface area contributed by atoms with E-state index in [0.717, 1.165) is 31.0 Å². The number of hydrogen-bond acceptors (Lipinski definition) is 6. The third-order valence-electron chi connectivity index (χ3n) is 7.58. The van der Waals surface area contributed by atoms with Crippen LogP contribution in [0.4, 0.5) is 14.5 Å². The summed E-state index contributed by atoms with van der Waals surface area (Å²) in [5.41, 5.74) is 2.58. The van der Waals surface area contributed by atoms with Gasteiger partial charge in [0, 0.05) is 36.8 Å². The van der Waals surface area contributed by atoms with Crippen molar-refractivity contribution < 1.29 is 31.9 Å². The van der Waals surface area contributed by atoms with Gasteiger partial charge in [-0.3, -0.25) is 14.3 Å². The summed E-state index contributed by atoms with van der Waals surface area (Å²) in [5.74, 6) is -2.64. The van der Waals surface area contributed by atoms with Crippen LogP contribution in [0, 0.1) is 18.6 Å². The summed E-state index contributed by atoms with van der Waals surface area (Å²) in [6.07, 6.45) is 0.158. The number of aryl methyl sites for hydroxylation is 1. The van der Waals surface area contributed by atoms with Crippen molar-refractivity contribution >= 4 is 27.5 Å². The quantitative estimate of drug-likeness (QED) is 0.220. The van der Waals surface area contributed by atoms with Gasteiger partial charge in [0.1, 0.15) is 11.6 Å². The first-order valence-electron chi connectivity index (χ1n) is 15.1. The molecule has 0 spiro atoms. The molecule has 1 aliphatic heterocycles. The minimum atomic E-state index is -3.63. The van der Waals surface area contributed by atoms with Crippen LogP contribution < -0.4 is 15.4 Å². The number of halogens is 2. The van der Waals surface area contributed by atoms with E-state index in [1.165, 1.54) is 6.07 Å². The van der Waals surface area contributed by atoms with E-state index in [1.807, 2.05) is 13.8 Å². The van der Waals surface area contributed by atoms with Crippen LogP contribution in [0.1, 0.15) is 70.1 Å². The molecule has 0 saturated heterocycles. The third kappa shape index (κ3) is 9.09. The number of aliphatic hydroxyl groups is 1. The lowest BCUT2D eigenvalue weighted by molar-refractivity contribution is 0.0755. The molecular weight excluding hydrogens is 602 g/mol. The molecule has 0 fully saturated rings. The lowest BCUT2D eigenvalue weighted by Crippen LogP contribution is -2.50. The standard InChI is InChI=1S/C33H40F2N4O5S/c1-4-10-39(11-5-2)33(42)24-13-21(3)12-23(17-24)32(41)37-29(16-22-14-25(34)18-26(35)15-22)31(40)19-36-30-20-45(43,44)38-28-9-7-6-8-27(28)30/h6-9,12-15,17-18,29-31,36,38,40H,4-5,10-11,16,19-20H2,1-3H3,(H,37,41)/t29-,30-,31-/m0/s1. The van der Waals surface area contributed by atoms with E-state index in [0.29, 0.717) is 35.5 Å². The van der Waals surface area contributed by atoms with Crippen LogP contribution in [-0.2, 0) is 16.4 Å². The summed E-state index contributed by atoms with van der Waals surface area (Å²) in [4.78, 5) is 28.6. The fourth-order valence-corrected chi connectivity index (χ4v) is 6.92. The Morgan fingerprint density at radius 3 is 2.31 bits per heavy atom. The smallest absolute Gasteiger partial charge is 0.253 e. The van der Waals surface area contributed by atoms with Crippen molar-refractivity contribution in [1.29, 1.82) is 0 Å². The van der Waals surface area contributed by atoms with E-state index < -0.39 is 45.8 Å². The van der Waals surface area contributed by atoms with Crippen LogP contribution >= 0.6 is 0 Å². The van der Waals surface area contributed by atoms with Crippen molar-refractivity contribution in [3.05, 3.63) is 100 Å². The number of carbonyl (C=O) groups excluding carboxylic acids is 2. The summed E-state index contributed by atoms with van der Waals surface area (Å²) < 4.78 is 55.5. The van der Waals surface area contributed by atoms with Crippen molar-refractivity contribution in [2.45, 2.75) is 58.2 Å². The van der Waals surface area contributed by atoms with Gasteiger partial charge in [-0.2, -0.15) is 0 Å². The van der Waals surface area contributed by atoms with E-state index in [2.05, 4.69) is 15.4 Å². The van der Waals surface area contributed by atoms with Gasteiger partial charge in [0.15, 0.2) is 0 Å². The number of anilines is 1. The highest BCUT2D eigenvalue weighted by atomic mass is 32.2. The van der Waals surface area contributed by atoms with Gasteiger partial charge in [-0.25, -0.2) is 17.2 Å². The Morgan fingerprint density at radius 2 is 1.64 bits per heavy atom. The number of fused-ring (bicyclic) bond motifs is 1. The van der Waals surface area contributed by atoms with Crippen LogP contribution in [0.25, 0.3) is 0 Å².